The molecule has 292 valence electrons. The highest BCUT2D eigenvalue weighted by atomic mass is 35.5. The summed E-state index contributed by atoms with van der Waals surface area (Å²) in [6.07, 6.45) is 4.22. The molecule has 0 spiro atoms. The molecule has 1 saturated carbocycles. The van der Waals surface area contributed by atoms with Gasteiger partial charge in [0, 0.05) is 42.3 Å². The van der Waals surface area contributed by atoms with E-state index < -0.39 is 38.0 Å². The first-order valence-electron chi connectivity index (χ1n) is 20.9. The van der Waals surface area contributed by atoms with Crippen molar-refractivity contribution in [1.82, 2.24) is 19.9 Å². The number of aromatic nitrogens is 3. The molecular weight excluding hydrogens is 737 g/mol. The molecule has 4 aliphatic rings. The molecule has 1 unspecified atom stereocenters. The van der Waals surface area contributed by atoms with E-state index in [-0.39, 0.29) is 58.7 Å². The number of anilines is 2. The Morgan fingerprint density at radius 1 is 1.07 bits per heavy atom. The van der Waals surface area contributed by atoms with Gasteiger partial charge in [-0.2, -0.15) is 9.97 Å². The maximum absolute atomic E-state index is 17.6. The number of alkyl halides is 2. The lowest BCUT2D eigenvalue weighted by Crippen LogP contribution is -2.43. The van der Waals surface area contributed by atoms with Crippen LogP contribution in [-0.4, -0.2) is 77.2 Å². The van der Waals surface area contributed by atoms with E-state index in [2.05, 4.69) is 62.9 Å². The van der Waals surface area contributed by atoms with Crippen LogP contribution in [0.4, 0.5) is 24.7 Å². The van der Waals surface area contributed by atoms with E-state index in [1.54, 1.807) is 18.2 Å². The lowest BCUT2D eigenvalue weighted by Gasteiger charge is -2.38. The van der Waals surface area contributed by atoms with Gasteiger partial charge in [0.15, 0.2) is 5.82 Å². The fourth-order valence-corrected chi connectivity index (χ4v) is 16.1. The minimum atomic E-state index is -2.40. The van der Waals surface area contributed by atoms with Crippen molar-refractivity contribution in [2.45, 2.75) is 120 Å². The quantitative estimate of drug-likeness (QED) is 0.0824. The van der Waals surface area contributed by atoms with Gasteiger partial charge in [-0.3, -0.25) is 9.88 Å². The fourth-order valence-electron chi connectivity index (χ4n) is 10.4. The van der Waals surface area contributed by atoms with Crippen molar-refractivity contribution in [3.8, 4) is 28.7 Å². The lowest BCUT2D eigenvalue weighted by atomic mass is 9.95. The van der Waals surface area contributed by atoms with Gasteiger partial charge in [0.25, 0.3) is 0 Å². The molecular formula is C43H52ClF3N6OSi. The highest BCUT2D eigenvalue weighted by Gasteiger charge is 2.54. The van der Waals surface area contributed by atoms with Gasteiger partial charge in [0.1, 0.15) is 43.7 Å². The molecule has 4 fully saturated rings. The summed E-state index contributed by atoms with van der Waals surface area (Å²) in [5, 5.41) is 1.17. The highest BCUT2D eigenvalue weighted by molar-refractivity contribution is 6.90. The summed E-state index contributed by atoms with van der Waals surface area (Å²) in [7, 11) is -2.30. The number of hydrogen-bond acceptors (Lipinski definition) is 7. The Bertz CT molecular complexity index is 2280. The van der Waals surface area contributed by atoms with Gasteiger partial charge in [0.05, 0.1) is 30.6 Å². The minimum Gasteiger partial charge on any atom is -0.461 e. The monoisotopic (exact) mass is 790 g/mol. The maximum atomic E-state index is 17.6. The summed E-state index contributed by atoms with van der Waals surface area (Å²) in [5.74, 6) is 2.53. The second-order valence-electron chi connectivity index (χ2n) is 17.1. The van der Waals surface area contributed by atoms with Crippen LogP contribution in [-0.2, 0) is 0 Å². The van der Waals surface area contributed by atoms with Crippen molar-refractivity contribution in [2.24, 2.45) is 5.92 Å². The molecule has 0 radical (unpaired) electrons. The molecule has 8 rings (SSSR count). The zero-order chi connectivity index (χ0) is 40.8. The molecule has 5 heterocycles. The van der Waals surface area contributed by atoms with Crippen molar-refractivity contribution < 1.29 is 20.6 Å². The van der Waals surface area contributed by atoms with Crippen molar-refractivity contribution in [3.63, 3.8) is 0 Å². The van der Waals surface area contributed by atoms with Crippen LogP contribution in [0.2, 0.25) is 16.6 Å². The number of nitrogen functional groups attached to an aromatic ring is 1. The molecule has 12 heteroatoms. The van der Waals surface area contributed by atoms with Crippen LogP contribution in [0.25, 0.3) is 32.9 Å². The molecule has 2 aromatic carbocycles. The summed E-state index contributed by atoms with van der Waals surface area (Å²) < 4.78 is 73.1. The number of benzene rings is 2. The molecule has 3 saturated heterocycles. The van der Waals surface area contributed by atoms with Crippen molar-refractivity contribution in [1.29, 1.82) is 0 Å². The summed E-state index contributed by atoms with van der Waals surface area (Å²) in [5.41, 5.74) is 10.3. The Morgan fingerprint density at radius 2 is 1.84 bits per heavy atom. The average Bonchev–Trinajstić information content (AvgIpc) is 3.50. The van der Waals surface area contributed by atoms with Crippen LogP contribution >= 0.6 is 11.6 Å². The number of fused-ring (bicyclic) bond motifs is 4. The molecule has 0 amide bonds. The standard InChI is InChI=1S/C43H52ClF3N6OSi/c1-24(2)55(25(3)4,26(5)6)17-13-30-34(46)12-11-27-18-29(48)19-32(35(27)30)38-37(47)39-33(21-49-38)41(53-16-8-7-10-31-36(44)40(31)53)51-42(50-39)54-23-43-14-9-15-52(43)22-28(45)20-43/h11-12,18-19,21,24-26,28,31,36,40H,7-10,14-16,20,22-23,48H2,1-6H3/t28-,31+,36+,40?,43+/m1/s1/i23D2. The molecule has 2 N–H and O–H groups in total. The van der Waals surface area contributed by atoms with Crippen LogP contribution in [0.1, 0.15) is 88.4 Å². The van der Waals surface area contributed by atoms with E-state index in [1.165, 1.54) is 12.3 Å². The van der Waals surface area contributed by atoms with E-state index in [4.69, 9.17) is 32.0 Å². The first kappa shape index (κ1) is 35.8. The van der Waals surface area contributed by atoms with Crippen LogP contribution in [0.5, 0.6) is 6.01 Å². The largest absolute Gasteiger partial charge is 0.461 e. The number of hydrogen-bond donors (Lipinski definition) is 1. The molecule has 3 aliphatic heterocycles. The third kappa shape index (κ3) is 6.44. The van der Waals surface area contributed by atoms with Crippen molar-refractivity contribution >= 4 is 52.9 Å². The molecule has 7 nitrogen and oxygen atoms in total. The summed E-state index contributed by atoms with van der Waals surface area (Å²) >= 11 is 6.81. The third-order valence-electron chi connectivity index (χ3n) is 13.0. The fraction of sp³-hybridized carbons (Fsp3) is 0.558. The van der Waals surface area contributed by atoms with Crippen LogP contribution < -0.4 is 15.4 Å². The Kier molecular flexibility index (Phi) is 9.38. The van der Waals surface area contributed by atoms with Crippen LogP contribution in [0.3, 0.4) is 0 Å². The number of rotatable bonds is 8. The van der Waals surface area contributed by atoms with Gasteiger partial charge in [-0.25, -0.2) is 13.2 Å². The molecule has 0 bridgehead atoms. The first-order valence-corrected chi connectivity index (χ1v) is 22.6. The Balaban J connectivity index is 1.33. The van der Waals surface area contributed by atoms with E-state index in [0.717, 1.165) is 19.3 Å². The number of pyridine rings is 1. The summed E-state index contributed by atoms with van der Waals surface area (Å²) in [4.78, 5) is 17.9. The predicted octanol–water partition coefficient (Wildman–Crippen LogP) is 9.83. The van der Waals surface area contributed by atoms with Crippen LogP contribution in [0.15, 0.2) is 30.5 Å². The second-order valence-corrected chi connectivity index (χ2v) is 23.2. The Morgan fingerprint density at radius 3 is 2.58 bits per heavy atom. The predicted molar refractivity (Wildman–Crippen MR) is 219 cm³/mol. The Hall–Kier alpha value is -3.59. The SMILES string of the molecule is [2H]C([2H])(Oc1nc(N2CCCC[C@@H]3C2[C@H]3Cl)c2cnc(-c3cc(N)cc4ccc(F)c(C#C[Si](C(C)C)(C(C)C)C(C)C)c34)c(F)c2n1)[C@@]12CCCN1C[C@H](F)C2. The van der Waals surface area contributed by atoms with Gasteiger partial charge in [-0.1, -0.05) is 60.0 Å². The highest BCUT2D eigenvalue weighted by Crippen LogP contribution is 2.49. The van der Waals surface area contributed by atoms with Gasteiger partial charge in [0.2, 0.25) is 0 Å². The van der Waals surface area contributed by atoms with Crippen molar-refractivity contribution in [3.05, 3.63) is 47.7 Å². The molecule has 55 heavy (non-hydrogen) atoms. The van der Waals surface area contributed by atoms with E-state index in [0.29, 0.717) is 70.2 Å². The molecule has 1 aliphatic carbocycles. The number of nitrogens with two attached hydrogens (primary N) is 1. The van der Waals surface area contributed by atoms with E-state index in [9.17, 15) is 7.13 Å². The van der Waals surface area contributed by atoms with Gasteiger partial charge in [-0.15, -0.1) is 17.1 Å². The van der Waals surface area contributed by atoms with Gasteiger partial charge in [-0.05, 0) is 78.4 Å². The normalized spacial score (nSPS) is 26.2. The zero-order valence-corrected chi connectivity index (χ0v) is 34.3. The Labute approximate surface area is 331 Å². The first-order chi connectivity index (χ1) is 27.0. The van der Waals surface area contributed by atoms with Crippen molar-refractivity contribution in [2.75, 3.05) is 36.8 Å². The van der Waals surface area contributed by atoms with Gasteiger partial charge < -0.3 is 15.4 Å². The average molecular weight is 791 g/mol. The maximum Gasteiger partial charge on any atom is 0.319 e. The summed E-state index contributed by atoms with van der Waals surface area (Å²) in [6.45, 7) is 12.0. The second kappa shape index (κ2) is 14.4. The smallest absolute Gasteiger partial charge is 0.319 e. The van der Waals surface area contributed by atoms with E-state index >= 15 is 8.78 Å². The molecule has 4 aromatic rings. The lowest BCUT2D eigenvalue weighted by molar-refractivity contribution is 0.107. The minimum absolute atomic E-state index is 0.0217. The zero-order valence-electron chi connectivity index (χ0n) is 34.5. The number of halogens is 4. The van der Waals surface area contributed by atoms with E-state index in [1.807, 2.05) is 4.90 Å². The third-order valence-corrected chi connectivity index (χ3v) is 19.9. The number of nitrogens with zero attached hydrogens (tertiary/aromatic N) is 5. The molecule has 5 atom stereocenters. The topological polar surface area (TPSA) is 80.4 Å². The molecule has 2 aromatic heterocycles. The van der Waals surface area contributed by atoms with Gasteiger partial charge >= 0.3 is 6.01 Å². The van der Waals surface area contributed by atoms with Crippen LogP contribution in [0, 0.1) is 29.0 Å². The number of ether oxygens (including phenoxy) is 1. The summed E-state index contributed by atoms with van der Waals surface area (Å²) in [6, 6.07) is 5.89.